The number of hydrogen-bond donors (Lipinski definition) is 0. The highest BCUT2D eigenvalue weighted by molar-refractivity contribution is 9.10. The van der Waals surface area contributed by atoms with Gasteiger partial charge in [0.05, 0.1) is 14.9 Å². The maximum atomic E-state index is 13.9. The SMILES string of the molecule is Cc1nnc(Sc2ccc(C#N)c(Br)c2F)s1. The van der Waals surface area contributed by atoms with Crippen molar-refractivity contribution in [1.29, 1.82) is 5.26 Å². The smallest absolute Gasteiger partial charge is 0.179 e. The lowest BCUT2D eigenvalue weighted by Gasteiger charge is -2.03. The standard InChI is InChI=1S/C10H5BrFN3S2/c1-5-14-15-10(16-5)17-7-3-2-6(4-13)8(11)9(7)12/h2-3H,1H3. The summed E-state index contributed by atoms with van der Waals surface area (Å²) in [7, 11) is 0. The molecule has 0 saturated heterocycles. The fourth-order valence-electron chi connectivity index (χ4n) is 1.11. The van der Waals surface area contributed by atoms with E-state index in [4.69, 9.17) is 5.26 Å². The van der Waals surface area contributed by atoms with Gasteiger partial charge in [0.25, 0.3) is 0 Å². The van der Waals surface area contributed by atoms with E-state index in [1.165, 1.54) is 23.1 Å². The largest absolute Gasteiger partial charge is 0.204 e. The van der Waals surface area contributed by atoms with Gasteiger partial charge in [-0.3, -0.25) is 0 Å². The molecular weight excluding hydrogens is 325 g/mol. The Kier molecular flexibility index (Phi) is 3.76. The Morgan fingerprint density at radius 1 is 1.47 bits per heavy atom. The minimum atomic E-state index is -0.443. The van der Waals surface area contributed by atoms with Crippen LogP contribution in [0.2, 0.25) is 0 Å². The highest BCUT2D eigenvalue weighted by Crippen LogP contribution is 2.35. The van der Waals surface area contributed by atoms with E-state index in [2.05, 4.69) is 26.1 Å². The summed E-state index contributed by atoms with van der Waals surface area (Å²) in [4.78, 5) is 0.423. The van der Waals surface area contributed by atoms with E-state index in [-0.39, 0.29) is 10.0 Å². The van der Waals surface area contributed by atoms with Crippen molar-refractivity contribution >= 4 is 39.0 Å². The second-order valence-electron chi connectivity index (χ2n) is 3.04. The van der Waals surface area contributed by atoms with Gasteiger partial charge in [0.2, 0.25) is 0 Å². The molecule has 0 amide bonds. The van der Waals surface area contributed by atoms with E-state index < -0.39 is 5.82 Å². The second kappa shape index (κ2) is 5.12. The Morgan fingerprint density at radius 2 is 2.24 bits per heavy atom. The van der Waals surface area contributed by atoms with Gasteiger partial charge in [-0.15, -0.1) is 10.2 Å². The molecule has 0 aliphatic rings. The zero-order chi connectivity index (χ0) is 12.4. The van der Waals surface area contributed by atoms with E-state index >= 15 is 0 Å². The monoisotopic (exact) mass is 329 g/mol. The summed E-state index contributed by atoms with van der Waals surface area (Å²) in [5.74, 6) is -0.443. The quantitative estimate of drug-likeness (QED) is 0.841. The maximum absolute atomic E-state index is 13.9. The van der Waals surface area contributed by atoms with Crippen molar-refractivity contribution in [2.45, 2.75) is 16.2 Å². The van der Waals surface area contributed by atoms with Crippen molar-refractivity contribution in [3.8, 4) is 6.07 Å². The van der Waals surface area contributed by atoms with Crippen LogP contribution in [0.3, 0.4) is 0 Å². The van der Waals surface area contributed by atoms with Crippen LogP contribution in [0.15, 0.2) is 25.8 Å². The molecule has 0 spiro atoms. The maximum Gasteiger partial charge on any atom is 0.179 e. The summed E-state index contributed by atoms with van der Waals surface area (Å²) in [5, 5.41) is 17.4. The predicted octanol–water partition coefficient (Wildman–Crippen LogP) is 3.77. The molecule has 0 aliphatic heterocycles. The predicted molar refractivity (Wildman–Crippen MR) is 67.6 cm³/mol. The van der Waals surface area contributed by atoms with Crippen molar-refractivity contribution < 1.29 is 4.39 Å². The topological polar surface area (TPSA) is 49.6 Å². The van der Waals surface area contributed by atoms with Gasteiger partial charge in [0.1, 0.15) is 11.1 Å². The fraction of sp³-hybridized carbons (Fsp3) is 0.100. The summed E-state index contributed by atoms with van der Waals surface area (Å²) in [5.41, 5.74) is 0.278. The van der Waals surface area contributed by atoms with Crippen LogP contribution < -0.4 is 0 Å². The minimum absolute atomic E-state index is 0.186. The molecule has 17 heavy (non-hydrogen) atoms. The van der Waals surface area contributed by atoms with Crippen LogP contribution in [0.4, 0.5) is 4.39 Å². The lowest BCUT2D eigenvalue weighted by atomic mass is 10.2. The fourth-order valence-corrected chi connectivity index (χ4v) is 3.49. The molecule has 2 aromatic rings. The molecule has 0 N–H and O–H groups in total. The number of benzene rings is 1. The minimum Gasteiger partial charge on any atom is -0.204 e. The zero-order valence-electron chi connectivity index (χ0n) is 8.57. The van der Waals surface area contributed by atoms with Crippen LogP contribution in [0.1, 0.15) is 10.6 Å². The van der Waals surface area contributed by atoms with Gasteiger partial charge in [-0.2, -0.15) is 5.26 Å². The normalized spacial score (nSPS) is 10.2. The summed E-state index contributed by atoms with van der Waals surface area (Å²) in [6.07, 6.45) is 0. The third-order valence-electron chi connectivity index (χ3n) is 1.87. The summed E-state index contributed by atoms with van der Waals surface area (Å²) in [6, 6.07) is 5.05. The van der Waals surface area contributed by atoms with Gasteiger partial charge in [0, 0.05) is 0 Å². The van der Waals surface area contributed by atoms with Gasteiger partial charge in [-0.25, -0.2) is 4.39 Å². The van der Waals surface area contributed by atoms with Crippen LogP contribution in [-0.2, 0) is 0 Å². The van der Waals surface area contributed by atoms with Crippen LogP contribution in [0.5, 0.6) is 0 Å². The summed E-state index contributed by atoms with van der Waals surface area (Å²) >= 11 is 5.67. The van der Waals surface area contributed by atoms with Crippen molar-refractivity contribution in [3.63, 3.8) is 0 Å². The lowest BCUT2D eigenvalue weighted by Crippen LogP contribution is -1.87. The van der Waals surface area contributed by atoms with Crippen molar-refractivity contribution in [2.75, 3.05) is 0 Å². The van der Waals surface area contributed by atoms with Gasteiger partial charge >= 0.3 is 0 Å². The molecule has 0 saturated carbocycles. The summed E-state index contributed by atoms with van der Waals surface area (Å²) < 4.78 is 14.7. The number of aryl methyl sites for hydroxylation is 1. The van der Waals surface area contributed by atoms with Gasteiger partial charge in [-0.1, -0.05) is 23.1 Å². The number of hydrogen-bond acceptors (Lipinski definition) is 5. The van der Waals surface area contributed by atoms with Crippen LogP contribution in [0, 0.1) is 24.1 Å². The Bertz CT molecular complexity index is 606. The van der Waals surface area contributed by atoms with Crippen molar-refractivity contribution in [1.82, 2.24) is 10.2 Å². The molecule has 1 heterocycles. The van der Waals surface area contributed by atoms with Crippen LogP contribution in [-0.4, -0.2) is 10.2 Å². The van der Waals surface area contributed by atoms with Crippen molar-refractivity contribution in [3.05, 3.63) is 33.0 Å². The zero-order valence-corrected chi connectivity index (χ0v) is 11.8. The van der Waals surface area contributed by atoms with Gasteiger partial charge < -0.3 is 0 Å². The molecule has 0 radical (unpaired) electrons. The first-order valence-electron chi connectivity index (χ1n) is 4.48. The Balaban J connectivity index is 2.35. The first-order valence-corrected chi connectivity index (χ1v) is 6.90. The highest BCUT2D eigenvalue weighted by Gasteiger charge is 2.13. The van der Waals surface area contributed by atoms with Crippen molar-refractivity contribution in [2.24, 2.45) is 0 Å². The number of aromatic nitrogens is 2. The van der Waals surface area contributed by atoms with Gasteiger partial charge in [-0.05, 0) is 35.0 Å². The molecule has 0 unspecified atom stereocenters. The van der Waals surface area contributed by atoms with E-state index in [0.29, 0.717) is 9.24 Å². The molecule has 1 aromatic heterocycles. The molecule has 2 rings (SSSR count). The number of nitriles is 1. The first kappa shape index (κ1) is 12.5. The third kappa shape index (κ3) is 2.65. The summed E-state index contributed by atoms with van der Waals surface area (Å²) in [6.45, 7) is 1.84. The Hall–Kier alpha value is -0.970. The van der Waals surface area contributed by atoms with E-state index in [1.54, 1.807) is 12.1 Å². The molecule has 86 valence electrons. The van der Waals surface area contributed by atoms with Crippen LogP contribution >= 0.6 is 39.0 Å². The second-order valence-corrected chi connectivity index (χ2v) is 6.30. The van der Waals surface area contributed by atoms with Crippen LogP contribution in [0.25, 0.3) is 0 Å². The molecule has 0 aliphatic carbocycles. The highest BCUT2D eigenvalue weighted by atomic mass is 79.9. The first-order chi connectivity index (χ1) is 8.11. The average molecular weight is 330 g/mol. The van der Waals surface area contributed by atoms with E-state index in [9.17, 15) is 4.39 Å². The number of nitrogens with zero attached hydrogens (tertiary/aromatic N) is 3. The molecule has 0 bridgehead atoms. The molecule has 0 fully saturated rings. The number of halogens is 2. The molecule has 0 atom stereocenters. The van der Waals surface area contributed by atoms with Gasteiger partial charge in [0.15, 0.2) is 10.2 Å². The molecule has 1 aromatic carbocycles. The third-order valence-corrected chi connectivity index (χ3v) is 4.57. The van der Waals surface area contributed by atoms with E-state index in [0.717, 1.165) is 5.01 Å². The van der Waals surface area contributed by atoms with E-state index in [1.807, 2.05) is 13.0 Å². The Labute approximate surface area is 114 Å². The molecule has 3 nitrogen and oxygen atoms in total. The number of rotatable bonds is 2. The molecule has 7 heteroatoms. The Morgan fingerprint density at radius 3 is 2.82 bits per heavy atom. The lowest BCUT2D eigenvalue weighted by molar-refractivity contribution is 0.594. The molecular formula is C10H5BrFN3S2. The average Bonchev–Trinajstić information content (AvgIpc) is 2.71.